The van der Waals surface area contributed by atoms with Gasteiger partial charge in [0.15, 0.2) is 6.61 Å². The Morgan fingerprint density at radius 2 is 2.00 bits per heavy atom. The summed E-state index contributed by atoms with van der Waals surface area (Å²) < 4.78 is 34.6. The Kier molecular flexibility index (Phi) is 7.36. The van der Waals surface area contributed by atoms with Gasteiger partial charge in [-0.1, -0.05) is 0 Å². The van der Waals surface area contributed by atoms with Gasteiger partial charge in [0, 0.05) is 35.5 Å². The fraction of sp³-hybridized carbons (Fsp3) is 0.368. The number of alkyl halides is 2. The summed E-state index contributed by atoms with van der Waals surface area (Å²) in [6, 6.07) is 5.64. The molecule has 2 aromatic heterocycles. The maximum Gasteiger partial charge on any atom is 0.272 e. The van der Waals surface area contributed by atoms with Gasteiger partial charge in [-0.3, -0.25) is 14.6 Å². The molecule has 7 nitrogen and oxygen atoms in total. The lowest BCUT2D eigenvalue weighted by molar-refractivity contribution is -0.116. The average molecular weight is 393 g/mol. The van der Waals surface area contributed by atoms with Crippen LogP contribution >= 0.6 is 0 Å². The SMILES string of the molecule is COc1nc(OCC(F)F)ccc1C(C)NC(=O)c1ccnc(CC(C)=O)c1. The molecule has 0 fully saturated rings. The number of hydrogen-bond acceptors (Lipinski definition) is 6. The van der Waals surface area contributed by atoms with Gasteiger partial charge in [0.05, 0.1) is 13.2 Å². The Labute approximate surface area is 161 Å². The monoisotopic (exact) mass is 393 g/mol. The molecule has 9 heteroatoms. The van der Waals surface area contributed by atoms with Gasteiger partial charge in [0.2, 0.25) is 11.8 Å². The summed E-state index contributed by atoms with van der Waals surface area (Å²) in [5, 5.41) is 2.80. The zero-order valence-electron chi connectivity index (χ0n) is 15.7. The summed E-state index contributed by atoms with van der Waals surface area (Å²) in [6.07, 6.45) is -0.997. The first kappa shape index (κ1) is 21.2. The minimum Gasteiger partial charge on any atom is -0.481 e. The number of rotatable bonds is 9. The lowest BCUT2D eigenvalue weighted by Gasteiger charge is -2.17. The third-order valence-electron chi connectivity index (χ3n) is 3.74. The molecule has 0 spiro atoms. The first-order chi connectivity index (χ1) is 13.3. The Hall–Kier alpha value is -3.10. The molecule has 0 aliphatic carbocycles. The molecular formula is C19H21F2N3O4. The summed E-state index contributed by atoms with van der Waals surface area (Å²) in [4.78, 5) is 31.8. The molecule has 1 atom stereocenters. The van der Waals surface area contributed by atoms with Crippen LogP contribution in [0.4, 0.5) is 8.78 Å². The fourth-order valence-corrected chi connectivity index (χ4v) is 2.48. The van der Waals surface area contributed by atoms with Gasteiger partial charge < -0.3 is 14.8 Å². The van der Waals surface area contributed by atoms with Crippen LogP contribution in [0.15, 0.2) is 30.5 Å². The highest BCUT2D eigenvalue weighted by Crippen LogP contribution is 2.26. The van der Waals surface area contributed by atoms with E-state index in [1.54, 1.807) is 25.1 Å². The first-order valence-electron chi connectivity index (χ1n) is 8.51. The second-order valence-corrected chi connectivity index (χ2v) is 6.06. The quantitative estimate of drug-likeness (QED) is 0.705. The zero-order valence-corrected chi connectivity index (χ0v) is 15.7. The number of nitrogens with one attached hydrogen (secondary N) is 1. The van der Waals surface area contributed by atoms with Crippen LogP contribution < -0.4 is 14.8 Å². The molecule has 150 valence electrons. The molecule has 1 amide bonds. The Bertz CT molecular complexity index is 846. The van der Waals surface area contributed by atoms with Gasteiger partial charge in [-0.25, -0.2) is 8.78 Å². The number of methoxy groups -OCH3 is 1. The third kappa shape index (κ3) is 5.97. The van der Waals surface area contributed by atoms with Crippen molar-refractivity contribution in [3.63, 3.8) is 0 Å². The van der Waals surface area contributed by atoms with Crippen LogP contribution in [0.2, 0.25) is 0 Å². The lowest BCUT2D eigenvalue weighted by Crippen LogP contribution is -2.27. The van der Waals surface area contributed by atoms with Crippen molar-refractivity contribution in [2.24, 2.45) is 0 Å². The number of halogens is 2. The highest BCUT2D eigenvalue weighted by Gasteiger charge is 2.18. The minimum absolute atomic E-state index is 0.00225. The van der Waals surface area contributed by atoms with E-state index in [0.717, 1.165) is 0 Å². The number of carbonyl (C=O) groups is 2. The van der Waals surface area contributed by atoms with Crippen LogP contribution in [0.1, 0.15) is 41.5 Å². The third-order valence-corrected chi connectivity index (χ3v) is 3.74. The average Bonchev–Trinajstić information content (AvgIpc) is 2.65. The van der Waals surface area contributed by atoms with E-state index in [1.807, 2.05) is 0 Å². The van der Waals surface area contributed by atoms with Crippen molar-refractivity contribution >= 4 is 11.7 Å². The number of ketones is 1. The van der Waals surface area contributed by atoms with Crippen LogP contribution in [0.5, 0.6) is 11.8 Å². The molecule has 2 rings (SSSR count). The lowest BCUT2D eigenvalue weighted by atomic mass is 10.1. The molecule has 0 saturated carbocycles. The molecule has 2 heterocycles. The number of Topliss-reactive ketones (excluding diaryl/α,β-unsaturated/α-hetero) is 1. The maximum atomic E-state index is 12.5. The van der Waals surface area contributed by atoms with Gasteiger partial charge in [0.1, 0.15) is 5.78 Å². The largest absolute Gasteiger partial charge is 0.481 e. The minimum atomic E-state index is -2.61. The van der Waals surface area contributed by atoms with Crippen LogP contribution in [0.25, 0.3) is 0 Å². The van der Waals surface area contributed by atoms with E-state index in [9.17, 15) is 18.4 Å². The standard InChI is InChI=1S/C19H21F2N3O4/c1-11(25)8-14-9-13(6-7-22-14)18(26)23-12(2)15-4-5-17(24-19(15)27-3)28-10-16(20)21/h4-7,9,12,16H,8,10H2,1-3H3,(H,23,26). The topological polar surface area (TPSA) is 90.4 Å². The predicted octanol–water partition coefficient (Wildman–Crippen LogP) is 2.75. The highest BCUT2D eigenvalue weighted by atomic mass is 19.3. The van der Waals surface area contributed by atoms with E-state index >= 15 is 0 Å². The summed E-state index contributed by atoms with van der Waals surface area (Å²) in [7, 11) is 1.38. The maximum absolute atomic E-state index is 12.5. The smallest absolute Gasteiger partial charge is 0.272 e. The van der Waals surface area contributed by atoms with Crippen LogP contribution in [0.3, 0.4) is 0 Å². The molecule has 0 bridgehead atoms. The predicted molar refractivity (Wildman–Crippen MR) is 96.8 cm³/mol. The first-order valence-corrected chi connectivity index (χ1v) is 8.51. The summed E-state index contributed by atoms with van der Waals surface area (Å²) >= 11 is 0. The summed E-state index contributed by atoms with van der Waals surface area (Å²) in [5.74, 6) is -0.253. The van der Waals surface area contributed by atoms with Crippen molar-refractivity contribution in [1.82, 2.24) is 15.3 Å². The fourth-order valence-electron chi connectivity index (χ4n) is 2.48. The van der Waals surface area contributed by atoms with Crippen molar-refractivity contribution in [2.45, 2.75) is 32.7 Å². The normalized spacial score (nSPS) is 11.8. The van der Waals surface area contributed by atoms with Gasteiger partial charge in [-0.2, -0.15) is 4.98 Å². The highest BCUT2D eigenvalue weighted by molar-refractivity contribution is 5.94. The number of pyridine rings is 2. The zero-order chi connectivity index (χ0) is 20.7. The van der Waals surface area contributed by atoms with E-state index in [4.69, 9.17) is 9.47 Å². The number of aromatic nitrogens is 2. The second-order valence-electron chi connectivity index (χ2n) is 6.06. The van der Waals surface area contributed by atoms with E-state index in [1.165, 1.54) is 26.3 Å². The summed E-state index contributed by atoms with van der Waals surface area (Å²) in [5.41, 5.74) is 1.42. The van der Waals surface area contributed by atoms with Crippen LogP contribution in [-0.4, -0.2) is 41.8 Å². The molecule has 28 heavy (non-hydrogen) atoms. The Morgan fingerprint density at radius 3 is 2.64 bits per heavy atom. The molecule has 2 aromatic rings. The Balaban J connectivity index is 2.12. The molecule has 0 radical (unpaired) electrons. The van der Waals surface area contributed by atoms with Crippen molar-refractivity contribution < 1.29 is 27.8 Å². The van der Waals surface area contributed by atoms with E-state index in [2.05, 4.69) is 15.3 Å². The van der Waals surface area contributed by atoms with E-state index in [-0.39, 0.29) is 29.9 Å². The van der Waals surface area contributed by atoms with Gasteiger partial charge in [-0.15, -0.1) is 0 Å². The van der Waals surface area contributed by atoms with Gasteiger partial charge in [0.25, 0.3) is 12.3 Å². The molecule has 0 saturated heterocycles. The molecule has 0 aliphatic heterocycles. The van der Waals surface area contributed by atoms with E-state index < -0.39 is 19.1 Å². The number of ether oxygens (including phenoxy) is 2. The molecule has 1 unspecified atom stereocenters. The van der Waals surface area contributed by atoms with Crippen LogP contribution in [0, 0.1) is 0 Å². The number of hydrogen-bond donors (Lipinski definition) is 1. The summed E-state index contributed by atoms with van der Waals surface area (Å²) in [6.45, 7) is 2.41. The van der Waals surface area contributed by atoms with Gasteiger partial charge >= 0.3 is 0 Å². The number of amides is 1. The van der Waals surface area contributed by atoms with Crippen molar-refractivity contribution in [1.29, 1.82) is 0 Å². The molecule has 0 aromatic carbocycles. The van der Waals surface area contributed by atoms with Crippen molar-refractivity contribution in [3.8, 4) is 11.8 Å². The number of carbonyl (C=O) groups excluding carboxylic acids is 2. The molecular weight excluding hydrogens is 372 g/mol. The number of nitrogens with zero attached hydrogens (tertiary/aromatic N) is 2. The molecule has 1 N–H and O–H groups in total. The molecule has 0 aliphatic rings. The van der Waals surface area contributed by atoms with Crippen LogP contribution in [-0.2, 0) is 11.2 Å². The van der Waals surface area contributed by atoms with E-state index in [0.29, 0.717) is 16.8 Å². The van der Waals surface area contributed by atoms with Crippen molar-refractivity contribution in [2.75, 3.05) is 13.7 Å². The Morgan fingerprint density at radius 1 is 1.25 bits per heavy atom. The van der Waals surface area contributed by atoms with Gasteiger partial charge in [-0.05, 0) is 32.0 Å². The van der Waals surface area contributed by atoms with Crippen molar-refractivity contribution in [3.05, 3.63) is 47.3 Å². The second kappa shape index (κ2) is 9.72.